The van der Waals surface area contributed by atoms with Gasteiger partial charge < -0.3 is 10.4 Å². The molecule has 0 aromatic heterocycles. The molecule has 2 N–H and O–H groups in total. The van der Waals surface area contributed by atoms with Crippen molar-refractivity contribution in [2.45, 2.75) is 30.8 Å². The molecule has 0 aliphatic heterocycles. The third-order valence-corrected chi connectivity index (χ3v) is 5.70. The molecule has 142 valence electrons. The van der Waals surface area contributed by atoms with Crippen LogP contribution in [0.25, 0.3) is 0 Å². The van der Waals surface area contributed by atoms with E-state index in [9.17, 15) is 9.90 Å². The van der Waals surface area contributed by atoms with Crippen LogP contribution in [0.3, 0.4) is 0 Å². The van der Waals surface area contributed by atoms with Gasteiger partial charge in [-0.15, -0.1) is 0 Å². The van der Waals surface area contributed by atoms with Gasteiger partial charge in [0.25, 0.3) is 0 Å². The topological polar surface area (TPSA) is 49.3 Å². The van der Waals surface area contributed by atoms with Crippen molar-refractivity contribution in [1.82, 2.24) is 5.32 Å². The normalized spacial score (nSPS) is 18.1. The van der Waals surface area contributed by atoms with Gasteiger partial charge in [0.1, 0.15) is 5.60 Å². The number of fused-ring (bicyclic) bond motifs is 1. The van der Waals surface area contributed by atoms with Gasteiger partial charge in [-0.25, -0.2) is 0 Å². The first-order valence-corrected chi connectivity index (χ1v) is 9.83. The molecular formula is C25H25NO2. The van der Waals surface area contributed by atoms with Gasteiger partial charge in [-0.05, 0) is 35.1 Å². The van der Waals surface area contributed by atoms with E-state index in [0.717, 1.165) is 23.1 Å². The predicted octanol–water partition coefficient (Wildman–Crippen LogP) is 4.16. The highest BCUT2D eigenvalue weighted by molar-refractivity contribution is 5.77. The molecule has 0 bridgehead atoms. The number of hydrogen-bond donors (Lipinski definition) is 2. The Hall–Kier alpha value is -2.91. The molecule has 3 aromatic carbocycles. The van der Waals surface area contributed by atoms with Crippen LogP contribution in [0.4, 0.5) is 0 Å². The summed E-state index contributed by atoms with van der Waals surface area (Å²) in [7, 11) is 0. The number of carbonyl (C=O) groups excluding carboxylic acids is 1. The Balaban J connectivity index is 1.47. The summed E-state index contributed by atoms with van der Waals surface area (Å²) in [5.41, 5.74) is 3.38. The van der Waals surface area contributed by atoms with Crippen LogP contribution in [0.5, 0.6) is 0 Å². The maximum Gasteiger partial charge on any atom is 0.221 e. The lowest BCUT2D eigenvalue weighted by Crippen LogP contribution is -2.39. The fourth-order valence-electron chi connectivity index (χ4n) is 4.15. The largest absolute Gasteiger partial charge is 0.383 e. The van der Waals surface area contributed by atoms with Crippen molar-refractivity contribution in [2.24, 2.45) is 0 Å². The summed E-state index contributed by atoms with van der Waals surface area (Å²) in [5, 5.41) is 14.0. The van der Waals surface area contributed by atoms with E-state index in [1.54, 1.807) is 0 Å². The fourth-order valence-corrected chi connectivity index (χ4v) is 4.15. The molecule has 1 amide bonds. The van der Waals surface area contributed by atoms with Crippen LogP contribution in [0.1, 0.15) is 41.0 Å². The summed E-state index contributed by atoms with van der Waals surface area (Å²) in [5.74, 6) is -0.0524. The first-order valence-electron chi connectivity index (χ1n) is 9.83. The zero-order chi connectivity index (χ0) is 19.4. The van der Waals surface area contributed by atoms with Crippen LogP contribution in [0.15, 0.2) is 84.9 Å². The molecule has 3 heteroatoms. The van der Waals surface area contributed by atoms with Gasteiger partial charge in [0.15, 0.2) is 0 Å². The van der Waals surface area contributed by atoms with Gasteiger partial charge in [-0.2, -0.15) is 0 Å². The summed E-state index contributed by atoms with van der Waals surface area (Å²) in [6.07, 6.45) is 1.85. The lowest BCUT2D eigenvalue weighted by atomic mass is 9.88. The predicted molar refractivity (Wildman–Crippen MR) is 111 cm³/mol. The highest BCUT2D eigenvalue weighted by Crippen LogP contribution is 2.36. The quantitative estimate of drug-likeness (QED) is 0.684. The summed E-state index contributed by atoms with van der Waals surface area (Å²) in [4.78, 5) is 12.8. The lowest BCUT2D eigenvalue weighted by molar-refractivity contribution is -0.122. The number of aryl methyl sites for hydroxylation is 1. The molecule has 1 aliphatic carbocycles. The molecule has 28 heavy (non-hydrogen) atoms. The minimum Gasteiger partial charge on any atom is -0.383 e. The Kier molecular flexibility index (Phi) is 5.27. The molecule has 0 saturated carbocycles. The van der Waals surface area contributed by atoms with E-state index in [4.69, 9.17) is 0 Å². The van der Waals surface area contributed by atoms with E-state index in [0.29, 0.717) is 12.8 Å². The Morgan fingerprint density at radius 1 is 0.893 bits per heavy atom. The number of aliphatic hydroxyl groups is 1. The first-order chi connectivity index (χ1) is 13.7. The maximum absolute atomic E-state index is 12.8. The van der Waals surface area contributed by atoms with Crippen LogP contribution >= 0.6 is 0 Å². The van der Waals surface area contributed by atoms with Crippen LogP contribution in [-0.4, -0.2) is 17.6 Å². The summed E-state index contributed by atoms with van der Waals surface area (Å²) in [6.45, 7) is 0.249. The molecule has 0 fully saturated rings. The van der Waals surface area contributed by atoms with Gasteiger partial charge in [0.05, 0.1) is 6.54 Å². The maximum atomic E-state index is 12.8. The number of rotatable bonds is 6. The van der Waals surface area contributed by atoms with E-state index in [1.807, 2.05) is 54.6 Å². The molecule has 0 saturated heterocycles. The standard InChI is InChI=1S/C25H25NO2/c27-24(26-18-25(28)16-15-21-13-7-8-14-23(21)25)17-22(19-9-3-1-4-10-19)20-11-5-2-6-12-20/h1-14,22,28H,15-18H2,(H,26,27)/t25-/m1/s1. The highest BCUT2D eigenvalue weighted by Gasteiger charge is 2.36. The number of nitrogens with one attached hydrogen (secondary N) is 1. The average molecular weight is 371 g/mol. The van der Waals surface area contributed by atoms with Crippen molar-refractivity contribution in [1.29, 1.82) is 0 Å². The van der Waals surface area contributed by atoms with E-state index in [-0.39, 0.29) is 18.4 Å². The number of amides is 1. The second kappa shape index (κ2) is 7.99. The Bertz CT molecular complexity index is 900. The number of carbonyl (C=O) groups is 1. The molecule has 4 rings (SSSR count). The van der Waals surface area contributed by atoms with Gasteiger partial charge in [0, 0.05) is 12.3 Å². The van der Waals surface area contributed by atoms with Gasteiger partial charge in [0.2, 0.25) is 5.91 Å². The third-order valence-electron chi connectivity index (χ3n) is 5.70. The molecule has 3 aromatic rings. The van der Waals surface area contributed by atoms with Crippen LogP contribution < -0.4 is 5.32 Å². The molecule has 0 spiro atoms. The minimum atomic E-state index is -0.971. The number of benzene rings is 3. The third kappa shape index (κ3) is 3.85. The van der Waals surface area contributed by atoms with E-state index < -0.39 is 5.60 Å². The van der Waals surface area contributed by atoms with Gasteiger partial charge >= 0.3 is 0 Å². The molecule has 3 nitrogen and oxygen atoms in total. The van der Waals surface area contributed by atoms with Crippen LogP contribution in [-0.2, 0) is 16.8 Å². The van der Waals surface area contributed by atoms with Gasteiger partial charge in [-0.1, -0.05) is 84.9 Å². The monoisotopic (exact) mass is 371 g/mol. The van der Waals surface area contributed by atoms with Crippen molar-refractivity contribution in [2.75, 3.05) is 6.54 Å². The lowest BCUT2D eigenvalue weighted by Gasteiger charge is -2.25. The van der Waals surface area contributed by atoms with E-state index in [2.05, 4.69) is 35.6 Å². The summed E-state index contributed by atoms with van der Waals surface area (Å²) >= 11 is 0. The van der Waals surface area contributed by atoms with Crippen molar-refractivity contribution in [3.05, 3.63) is 107 Å². The SMILES string of the molecule is O=C(CC(c1ccccc1)c1ccccc1)NC[C@]1(O)CCc2ccccc21. The van der Waals surface area contributed by atoms with Crippen molar-refractivity contribution in [3.8, 4) is 0 Å². The van der Waals surface area contributed by atoms with E-state index in [1.165, 1.54) is 5.56 Å². The van der Waals surface area contributed by atoms with Crippen LogP contribution in [0, 0.1) is 0 Å². The molecule has 0 radical (unpaired) electrons. The Morgan fingerprint density at radius 2 is 1.46 bits per heavy atom. The molecule has 1 aliphatic rings. The summed E-state index contributed by atoms with van der Waals surface area (Å²) < 4.78 is 0. The fraction of sp³-hybridized carbons (Fsp3) is 0.240. The smallest absolute Gasteiger partial charge is 0.221 e. The molecule has 0 heterocycles. The second-order valence-electron chi connectivity index (χ2n) is 7.54. The minimum absolute atomic E-state index is 0.00657. The first kappa shape index (κ1) is 18.5. The van der Waals surface area contributed by atoms with Crippen molar-refractivity contribution < 1.29 is 9.90 Å². The second-order valence-corrected chi connectivity index (χ2v) is 7.54. The molecular weight excluding hydrogens is 346 g/mol. The molecule has 1 atom stereocenters. The highest BCUT2D eigenvalue weighted by atomic mass is 16.3. The van der Waals surface area contributed by atoms with Crippen molar-refractivity contribution in [3.63, 3.8) is 0 Å². The number of hydrogen-bond acceptors (Lipinski definition) is 2. The zero-order valence-corrected chi connectivity index (χ0v) is 15.8. The zero-order valence-electron chi connectivity index (χ0n) is 15.8. The average Bonchev–Trinajstić information content (AvgIpc) is 3.09. The van der Waals surface area contributed by atoms with Crippen LogP contribution in [0.2, 0.25) is 0 Å². The Morgan fingerprint density at radius 3 is 2.11 bits per heavy atom. The van der Waals surface area contributed by atoms with Crippen molar-refractivity contribution >= 4 is 5.91 Å². The summed E-state index contributed by atoms with van der Waals surface area (Å²) in [6, 6.07) is 28.2. The van der Waals surface area contributed by atoms with E-state index >= 15 is 0 Å². The molecule has 0 unspecified atom stereocenters. The van der Waals surface area contributed by atoms with Gasteiger partial charge in [-0.3, -0.25) is 4.79 Å². The Labute approximate surface area is 166 Å².